The highest BCUT2D eigenvalue weighted by Gasteiger charge is 2.37. The van der Waals surface area contributed by atoms with Crippen LogP contribution in [-0.2, 0) is 4.79 Å². The second kappa shape index (κ2) is 3.26. The van der Waals surface area contributed by atoms with E-state index >= 15 is 0 Å². The molecule has 1 unspecified atom stereocenters. The van der Waals surface area contributed by atoms with Gasteiger partial charge in [0.1, 0.15) is 0 Å². The van der Waals surface area contributed by atoms with Gasteiger partial charge in [0.15, 0.2) is 5.17 Å². The Morgan fingerprint density at radius 1 is 1.50 bits per heavy atom. The van der Waals surface area contributed by atoms with Gasteiger partial charge in [-0.15, -0.1) is 0 Å². The van der Waals surface area contributed by atoms with Crippen LogP contribution in [0.4, 0.5) is 0 Å². The summed E-state index contributed by atoms with van der Waals surface area (Å²) in [5.41, 5.74) is 0.0951. The predicted octanol–water partition coefficient (Wildman–Crippen LogP) is 1.74. The highest BCUT2D eigenvalue weighted by Crippen LogP contribution is 2.32. The summed E-state index contributed by atoms with van der Waals surface area (Å²) in [4.78, 5) is 18.2. The second-order valence-corrected chi connectivity index (χ2v) is 5.95. The largest absolute Gasteiger partial charge is 0.291 e. The molecule has 14 heavy (non-hydrogen) atoms. The van der Waals surface area contributed by atoms with Gasteiger partial charge in [0, 0.05) is 12.3 Å². The molecule has 1 fully saturated rings. The van der Waals surface area contributed by atoms with E-state index in [-0.39, 0.29) is 17.4 Å². The average Bonchev–Trinajstić information content (AvgIpc) is 2.50. The Hall–Kier alpha value is -0.510. The van der Waals surface area contributed by atoms with Crippen LogP contribution in [0.15, 0.2) is 4.99 Å². The summed E-state index contributed by atoms with van der Waals surface area (Å²) in [5.74, 6) is 1.25. The molecule has 4 heteroatoms. The lowest BCUT2D eigenvalue weighted by atomic mass is 9.84. The van der Waals surface area contributed by atoms with Gasteiger partial charge >= 0.3 is 0 Å². The molecule has 1 atom stereocenters. The van der Waals surface area contributed by atoms with Crippen molar-refractivity contribution in [3.63, 3.8) is 0 Å². The molecular formula is C10H16N2OS. The van der Waals surface area contributed by atoms with Crippen molar-refractivity contribution in [1.29, 1.82) is 0 Å². The van der Waals surface area contributed by atoms with Crippen LogP contribution in [-0.4, -0.2) is 34.3 Å². The quantitative estimate of drug-likeness (QED) is 0.612. The van der Waals surface area contributed by atoms with E-state index in [4.69, 9.17) is 0 Å². The van der Waals surface area contributed by atoms with E-state index in [9.17, 15) is 4.79 Å². The molecule has 0 aromatic rings. The van der Waals surface area contributed by atoms with Gasteiger partial charge in [-0.2, -0.15) is 0 Å². The van der Waals surface area contributed by atoms with Gasteiger partial charge in [0.05, 0.1) is 12.5 Å². The zero-order chi connectivity index (χ0) is 10.3. The average molecular weight is 212 g/mol. The lowest BCUT2D eigenvalue weighted by Gasteiger charge is -2.33. The minimum absolute atomic E-state index is 0.0951. The van der Waals surface area contributed by atoms with Crippen molar-refractivity contribution >= 4 is 22.8 Å². The van der Waals surface area contributed by atoms with Crippen LogP contribution in [0.2, 0.25) is 0 Å². The summed E-state index contributed by atoms with van der Waals surface area (Å²) in [6.45, 7) is 7.28. The third-order valence-corrected chi connectivity index (χ3v) is 3.68. The van der Waals surface area contributed by atoms with Gasteiger partial charge in [0.2, 0.25) is 5.91 Å². The molecule has 0 radical (unpaired) electrons. The molecule has 0 aromatic heterocycles. The monoisotopic (exact) mass is 212 g/mol. The van der Waals surface area contributed by atoms with E-state index in [1.165, 1.54) is 0 Å². The van der Waals surface area contributed by atoms with E-state index in [2.05, 4.69) is 25.8 Å². The molecule has 1 saturated heterocycles. The summed E-state index contributed by atoms with van der Waals surface area (Å²) >= 11 is 1.70. The van der Waals surface area contributed by atoms with Crippen LogP contribution >= 0.6 is 11.8 Å². The standard InChI is InChI=1S/C10H16N2OS/c1-10(2,3)7-6-8(13)12-4-5-14-9(12)11-7/h7H,4-6H2,1-3H3. The molecule has 78 valence electrons. The van der Waals surface area contributed by atoms with Crippen molar-refractivity contribution in [2.24, 2.45) is 10.4 Å². The molecule has 0 aliphatic carbocycles. The van der Waals surface area contributed by atoms with E-state index in [0.717, 1.165) is 17.5 Å². The zero-order valence-electron chi connectivity index (χ0n) is 8.91. The maximum absolute atomic E-state index is 11.8. The SMILES string of the molecule is CC(C)(C)C1CC(=O)N2CCSC2=N1. The van der Waals surface area contributed by atoms with Gasteiger partial charge in [-0.05, 0) is 5.41 Å². The van der Waals surface area contributed by atoms with Crippen molar-refractivity contribution in [1.82, 2.24) is 4.90 Å². The van der Waals surface area contributed by atoms with Crippen LogP contribution in [0.1, 0.15) is 27.2 Å². The molecule has 0 aromatic carbocycles. The third kappa shape index (κ3) is 1.67. The number of fused-ring (bicyclic) bond motifs is 1. The highest BCUT2D eigenvalue weighted by molar-refractivity contribution is 8.14. The van der Waals surface area contributed by atoms with Gasteiger partial charge < -0.3 is 0 Å². The van der Waals surface area contributed by atoms with Crippen molar-refractivity contribution in [3.8, 4) is 0 Å². The van der Waals surface area contributed by atoms with Crippen LogP contribution in [0.3, 0.4) is 0 Å². The molecule has 0 saturated carbocycles. The first-order valence-electron chi connectivity index (χ1n) is 4.99. The highest BCUT2D eigenvalue weighted by atomic mass is 32.2. The molecule has 2 aliphatic heterocycles. The molecule has 3 nitrogen and oxygen atoms in total. The lowest BCUT2D eigenvalue weighted by Crippen LogP contribution is -2.42. The van der Waals surface area contributed by atoms with Crippen molar-refractivity contribution < 1.29 is 4.79 Å². The van der Waals surface area contributed by atoms with Gasteiger partial charge in [-0.3, -0.25) is 14.7 Å². The predicted molar refractivity (Wildman–Crippen MR) is 59.5 cm³/mol. The molecule has 1 amide bonds. The number of aliphatic imine (C=N–C) groups is 1. The Bertz CT molecular complexity index is 293. The Morgan fingerprint density at radius 2 is 2.21 bits per heavy atom. The van der Waals surface area contributed by atoms with Gasteiger partial charge in [0.25, 0.3) is 0 Å². The van der Waals surface area contributed by atoms with E-state index in [0.29, 0.717) is 6.42 Å². The van der Waals surface area contributed by atoms with Crippen LogP contribution < -0.4 is 0 Å². The van der Waals surface area contributed by atoms with Crippen LogP contribution in [0.5, 0.6) is 0 Å². The van der Waals surface area contributed by atoms with E-state index in [1.54, 1.807) is 11.8 Å². The Kier molecular flexibility index (Phi) is 2.33. The third-order valence-electron chi connectivity index (χ3n) is 2.71. The van der Waals surface area contributed by atoms with Crippen molar-refractivity contribution in [3.05, 3.63) is 0 Å². The van der Waals surface area contributed by atoms with Crippen molar-refractivity contribution in [2.75, 3.05) is 12.3 Å². The van der Waals surface area contributed by atoms with Crippen LogP contribution in [0.25, 0.3) is 0 Å². The minimum Gasteiger partial charge on any atom is -0.291 e. The van der Waals surface area contributed by atoms with Crippen molar-refractivity contribution in [2.45, 2.75) is 33.2 Å². The van der Waals surface area contributed by atoms with Gasteiger partial charge in [-0.1, -0.05) is 32.5 Å². The number of thioether (sulfide) groups is 1. The fourth-order valence-electron chi connectivity index (χ4n) is 1.69. The summed E-state index contributed by atoms with van der Waals surface area (Å²) in [6, 6.07) is 0.159. The molecule has 0 bridgehead atoms. The number of hydrogen-bond acceptors (Lipinski definition) is 3. The number of carbonyl (C=O) groups is 1. The Morgan fingerprint density at radius 3 is 2.86 bits per heavy atom. The number of amidine groups is 1. The van der Waals surface area contributed by atoms with E-state index < -0.39 is 0 Å². The normalized spacial score (nSPS) is 27.6. The summed E-state index contributed by atoms with van der Waals surface area (Å²) < 4.78 is 0. The smallest absolute Gasteiger partial charge is 0.230 e. The Balaban J connectivity index is 2.25. The summed E-state index contributed by atoms with van der Waals surface area (Å²) in [7, 11) is 0. The van der Waals surface area contributed by atoms with Gasteiger partial charge in [-0.25, -0.2) is 0 Å². The maximum Gasteiger partial charge on any atom is 0.230 e. The molecule has 2 rings (SSSR count). The zero-order valence-corrected chi connectivity index (χ0v) is 9.73. The fraction of sp³-hybridized carbons (Fsp3) is 0.800. The summed E-state index contributed by atoms with van der Waals surface area (Å²) in [6.07, 6.45) is 0.577. The number of amides is 1. The topological polar surface area (TPSA) is 32.7 Å². The first-order valence-corrected chi connectivity index (χ1v) is 5.98. The molecular weight excluding hydrogens is 196 g/mol. The first-order chi connectivity index (χ1) is 6.48. The molecule has 2 aliphatic rings. The fourth-order valence-corrected chi connectivity index (χ4v) is 2.70. The maximum atomic E-state index is 11.8. The second-order valence-electron chi connectivity index (χ2n) is 4.89. The minimum atomic E-state index is 0.0951. The first kappa shape index (κ1) is 10.0. The molecule has 0 spiro atoms. The number of nitrogens with zero attached hydrogens (tertiary/aromatic N) is 2. The number of hydrogen-bond donors (Lipinski definition) is 0. The van der Waals surface area contributed by atoms with Crippen LogP contribution in [0, 0.1) is 5.41 Å². The molecule has 2 heterocycles. The molecule has 0 N–H and O–H groups in total. The Labute approximate surface area is 89.0 Å². The van der Waals surface area contributed by atoms with E-state index in [1.807, 2.05) is 4.90 Å². The number of carbonyl (C=O) groups excluding carboxylic acids is 1. The summed E-state index contributed by atoms with van der Waals surface area (Å²) in [5, 5.41) is 0.946. The number of rotatable bonds is 0. The lowest BCUT2D eigenvalue weighted by molar-refractivity contribution is -0.128.